The van der Waals surface area contributed by atoms with Gasteiger partial charge in [0.1, 0.15) is 11.1 Å². The van der Waals surface area contributed by atoms with Crippen LogP contribution < -0.4 is 10.9 Å². The van der Waals surface area contributed by atoms with Crippen molar-refractivity contribution in [3.63, 3.8) is 0 Å². The molecule has 0 unspecified atom stereocenters. The van der Waals surface area contributed by atoms with Crippen LogP contribution in [0.2, 0.25) is 0 Å². The summed E-state index contributed by atoms with van der Waals surface area (Å²) in [5.74, 6) is -0.0402. The lowest BCUT2D eigenvalue weighted by atomic mass is 9.97. The molecule has 26 heavy (non-hydrogen) atoms. The van der Waals surface area contributed by atoms with E-state index < -0.39 is 0 Å². The molecule has 2 heterocycles. The van der Waals surface area contributed by atoms with E-state index in [1.54, 1.807) is 0 Å². The van der Waals surface area contributed by atoms with Crippen molar-refractivity contribution in [3.8, 4) is 6.07 Å². The van der Waals surface area contributed by atoms with E-state index >= 15 is 0 Å². The van der Waals surface area contributed by atoms with Crippen molar-refractivity contribution >= 4 is 34.0 Å². The number of rotatable bonds is 4. The zero-order chi connectivity index (χ0) is 18.1. The minimum Gasteiger partial charge on any atom is -0.316 e. The fourth-order valence-corrected chi connectivity index (χ4v) is 5.49. The van der Waals surface area contributed by atoms with Gasteiger partial charge < -0.3 is 10.3 Å². The average molecular weight is 387 g/mol. The minimum absolute atomic E-state index is 0.0842. The van der Waals surface area contributed by atoms with Gasteiger partial charge in [-0.1, -0.05) is 11.8 Å². The third kappa shape index (κ3) is 3.29. The van der Waals surface area contributed by atoms with Gasteiger partial charge in [0.25, 0.3) is 5.56 Å². The monoisotopic (exact) mass is 386 g/mol. The molecule has 4 rings (SSSR count). The molecule has 0 spiro atoms. The summed E-state index contributed by atoms with van der Waals surface area (Å²) in [5, 5.41) is 13.4. The van der Waals surface area contributed by atoms with Crippen molar-refractivity contribution in [1.82, 2.24) is 9.97 Å². The zero-order valence-electron chi connectivity index (χ0n) is 14.2. The van der Waals surface area contributed by atoms with Crippen molar-refractivity contribution in [2.45, 2.75) is 50.1 Å². The molecule has 0 atom stereocenters. The molecule has 2 aliphatic rings. The molecular weight excluding hydrogens is 368 g/mol. The van der Waals surface area contributed by atoms with Crippen molar-refractivity contribution in [3.05, 3.63) is 37.6 Å². The molecule has 2 aromatic heterocycles. The van der Waals surface area contributed by atoms with Crippen molar-refractivity contribution < 1.29 is 4.79 Å². The molecule has 1 amide bonds. The highest BCUT2D eigenvalue weighted by atomic mass is 32.2. The Morgan fingerprint density at radius 2 is 2.04 bits per heavy atom. The largest absolute Gasteiger partial charge is 0.316 e. The van der Waals surface area contributed by atoms with Gasteiger partial charge >= 0.3 is 0 Å². The summed E-state index contributed by atoms with van der Waals surface area (Å²) in [6, 6.07) is 2.23. The smallest absolute Gasteiger partial charge is 0.254 e. The number of nitrogens with zero attached hydrogens (tertiary/aromatic N) is 2. The summed E-state index contributed by atoms with van der Waals surface area (Å²) in [6.07, 6.45) is 6.66. The van der Waals surface area contributed by atoms with Crippen LogP contribution in [0.25, 0.3) is 0 Å². The number of hydrogen-bond donors (Lipinski definition) is 2. The fraction of sp³-hybridized carbons (Fsp3) is 0.444. The molecule has 2 aromatic rings. The number of aromatic nitrogens is 2. The van der Waals surface area contributed by atoms with Gasteiger partial charge in [-0.3, -0.25) is 9.59 Å². The Morgan fingerprint density at radius 3 is 2.88 bits per heavy atom. The molecule has 2 aliphatic carbocycles. The average Bonchev–Trinajstić information content (AvgIpc) is 3.20. The number of aryl methyl sites for hydroxylation is 2. The first-order valence-electron chi connectivity index (χ1n) is 8.75. The van der Waals surface area contributed by atoms with Gasteiger partial charge in [0, 0.05) is 10.4 Å². The Labute approximate surface area is 159 Å². The van der Waals surface area contributed by atoms with E-state index in [0.29, 0.717) is 15.7 Å². The minimum atomic E-state index is -0.188. The Kier molecular flexibility index (Phi) is 4.83. The molecule has 0 saturated heterocycles. The molecule has 0 bridgehead atoms. The molecule has 6 nitrogen and oxygen atoms in total. The van der Waals surface area contributed by atoms with E-state index in [2.05, 4.69) is 21.4 Å². The second kappa shape index (κ2) is 7.25. The van der Waals surface area contributed by atoms with E-state index in [1.807, 2.05) is 0 Å². The maximum Gasteiger partial charge on any atom is 0.254 e. The van der Waals surface area contributed by atoms with Crippen LogP contribution >= 0.6 is 23.1 Å². The number of carbonyl (C=O) groups is 1. The SMILES string of the molecule is N#Cc1c(NC(=O)CSc2nc3c(c(=O)[nH]2)CCCC3)sc2c1CCC2. The van der Waals surface area contributed by atoms with Crippen LogP contribution in [-0.4, -0.2) is 21.6 Å². The first-order valence-corrected chi connectivity index (χ1v) is 10.5. The Balaban J connectivity index is 1.43. The Hall–Kier alpha value is -2.11. The Bertz CT molecular complexity index is 971. The second-order valence-electron chi connectivity index (χ2n) is 6.51. The topological polar surface area (TPSA) is 98.6 Å². The van der Waals surface area contributed by atoms with E-state index in [0.717, 1.165) is 61.8 Å². The molecule has 2 N–H and O–H groups in total. The maximum absolute atomic E-state index is 12.3. The predicted octanol–water partition coefficient (Wildman–Crippen LogP) is 2.80. The van der Waals surface area contributed by atoms with Gasteiger partial charge in [0.15, 0.2) is 5.16 Å². The van der Waals surface area contributed by atoms with Crippen LogP contribution in [-0.2, 0) is 30.5 Å². The molecular formula is C18H18N4O2S2. The lowest BCUT2D eigenvalue weighted by molar-refractivity contribution is -0.113. The zero-order valence-corrected chi connectivity index (χ0v) is 15.8. The van der Waals surface area contributed by atoms with E-state index in [1.165, 1.54) is 28.0 Å². The predicted molar refractivity (Wildman–Crippen MR) is 102 cm³/mol. The molecule has 8 heteroatoms. The second-order valence-corrected chi connectivity index (χ2v) is 8.58. The third-order valence-electron chi connectivity index (χ3n) is 4.80. The number of nitriles is 1. The number of anilines is 1. The number of carbonyl (C=O) groups excluding carboxylic acids is 1. The van der Waals surface area contributed by atoms with Crippen molar-refractivity contribution in [2.75, 3.05) is 11.1 Å². The summed E-state index contributed by atoms with van der Waals surface area (Å²) in [7, 11) is 0. The fourth-order valence-electron chi connectivity index (χ4n) is 3.56. The molecule has 0 fully saturated rings. The summed E-state index contributed by atoms with van der Waals surface area (Å²) < 4.78 is 0. The van der Waals surface area contributed by atoms with Crippen LogP contribution in [0.3, 0.4) is 0 Å². The molecule has 0 aromatic carbocycles. The number of hydrogen-bond acceptors (Lipinski definition) is 6. The van der Waals surface area contributed by atoms with Gasteiger partial charge in [-0.2, -0.15) is 5.26 Å². The van der Waals surface area contributed by atoms with Gasteiger partial charge in [0.05, 0.1) is 17.0 Å². The summed E-state index contributed by atoms with van der Waals surface area (Å²) >= 11 is 2.73. The highest BCUT2D eigenvalue weighted by Crippen LogP contribution is 2.38. The van der Waals surface area contributed by atoms with Crippen LogP contribution in [0.1, 0.15) is 46.5 Å². The highest BCUT2D eigenvalue weighted by Gasteiger charge is 2.23. The lowest BCUT2D eigenvalue weighted by Crippen LogP contribution is -2.22. The van der Waals surface area contributed by atoms with Crippen molar-refractivity contribution in [1.29, 1.82) is 5.26 Å². The van der Waals surface area contributed by atoms with Crippen LogP contribution in [0.5, 0.6) is 0 Å². The van der Waals surface area contributed by atoms with Gasteiger partial charge in [-0.05, 0) is 50.5 Å². The number of amides is 1. The number of nitrogens with one attached hydrogen (secondary N) is 2. The Morgan fingerprint density at radius 1 is 1.23 bits per heavy atom. The van der Waals surface area contributed by atoms with E-state index in [-0.39, 0.29) is 17.2 Å². The van der Waals surface area contributed by atoms with E-state index in [4.69, 9.17) is 0 Å². The quantitative estimate of drug-likeness (QED) is 0.622. The van der Waals surface area contributed by atoms with Gasteiger partial charge in [-0.25, -0.2) is 4.98 Å². The molecule has 0 saturated carbocycles. The maximum atomic E-state index is 12.3. The first kappa shape index (κ1) is 17.3. The van der Waals surface area contributed by atoms with Gasteiger partial charge in [0.2, 0.25) is 5.91 Å². The van der Waals surface area contributed by atoms with Crippen LogP contribution in [0.4, 0.5) is 5.00 Å². The highest BCUT2D eigenvalue weighted by molar-refractivity contribution is 7.99. The summed E-state index contributed by atoms with van der Waals surface area (Å²) in [5.41, 5.74) is 3.28. The van der Waals surface area contributed by atoms with Crippen LogP contribution in [0.15, 0.2) is 9.95 Å². The summed E-state index contributed by atoms with van der Waals surface area (Å²) in [4.78, 5) is 32.9. The number of aromatic amines is 1. The number of thioether (sulfide) groups is 1. The lowest BCUT2D eigenvalue weighted by Gasteiger charge is -2.14. The molecule has 0 radical (unpaired) electrons. The summed E-state index contributed by atoms with van der Waals surface area (Å²) in [6.45, 7) is 0. The standard InChI is InChI=1S/C18H18N4O2S2/c19-8-12-10-5-3-7-14(10)26-17(12)21-15(23)9-25-18-20-13-6-2-1-4-11(13)16(24)22-18/h1-7,9H2,(H,21,23)(H,20,22,24). The van der Waals surface area contributed by atoms with E-state index in [9.17, 15) is 14.9 Å². The third-order valence-corrected chi connectivity index (χ3v) is 6.88. The number of thiophene rings is 1. The normalized spacial score (nSPS) is 15.2. The van der Waals surface area contributed by atoms with Crippen molar-refractivity contribution in [2.24, 2.45) is 0 Å². The van der Waals surface area contributed by atoms with Crippen LogP contribution in [0, 0.1) is 11.3 Å². The molecule has 0 aliphatic heterocycles. The number of fused-ring (bicyclic) bond motifs is 2. The molecule has 134 valence electrons. The van der Waals surface area contributed by atoms with Gasteiger partial charge in [-0.15, -0.1) is 11.3 Å². The number of H-pyrrole nitrogens is 1. The first-order chi connectivity index (χ1) is 12.7.